The zero-order valence-corrected chi connectivity index (χ0v) is 14.7. The minimum Gasteiger partial charge on any atom is -0.497 e. The standard InChI is InChI=1S/C18H17F3N4O2/c1-9-7-12-14(13(26)8-9)15(10-3-5-11(27-2)6-4-10)25-17(22-12)23-16(24-25)18(19,20)21/h3-6,9,15H,7-8H2,1-2H3,(H,22,23,24)/t9-,15-/m1/s1. The number of allylic oxidation sites excluding steroid dienone is 2. The third-order valence-corrected chi connectivity index (χ3v) is 4.81. The van der Waals surface area contributed by atoms with Crippen LogP contribution in [0.1, 0.15) is 37.2 Å². The van der Waals surface area contributed by atoms with E-state index < -0.39 is 18.0 Å². The molecule has 142 valence electrons. The molecule has 0 unspecified atom stereocenters. The van der Waals surface area contributed by atoms with Crippen molar-refractivity contribution in [1.82, 2.24) is 14.8 Å². The molecule has 0 spiro atoms. The third-order valence-electron chi connectivity index (χ3n) is 4.81. The average molecular weight is 378 g/mol. The number of nitrogens with zero attached hydrogens (tertiary/aromatic N) is 3. The number of methoxy groups -OCH3 is 1. The van der Waals surface area contributed by atoms with Gasteiger partial charge in [-0.15, -0.1) is 5.10 Å². The number of carbonyl (C=O) groups excluding carboxylic acids is 1. The Morgan fingerprint density at radius 3 is 2.56 bits per heavy atom. The lowest BCUT2D eigenvalue weighted by Gasteiger charge is -2.34. The summed E-state index contributed by atoms with van der Waals surface area (Å²) >= 11 is 0. The van der Waals surface area contributed by atoms with Crippen LogP contribution in [-0.2, 0) is 11.0 Å². The van der Waals surface area contributed by atoms with Gasteiger partial charge in [0.2, 0.25) is 5.95 Å². The second-order valence-electron chi connectivity index (χ2n) is 6.83. The van der Waals surface area contributed by atoms with Gasteiger partial charge in [0.05, 0.1) is 7.11 Å². The fraction of sp³-hybridized carbons (Fsp3) is 0.389. The van der Waals surface area contributed by atoms with Gasteiger partial charge >= 0.3 is 6.18 Å². The number of ketones is 1. The van der Waals surface area contributed by atoms with E-state index in [-0.39, 0.29) is 17.6 Å². The number of aromatic nitrogens is 3. The molecular weight excluding hydrogens is 361 g/mol. The van der Waals surface area contributed by atoms with Crippen molar-refractivity contribution < 1.29 is 22.7 Å². The van der Waals surface area contributed by atoms with Crippen LogP contribution in [0, 0.1) is 5.92 Å². The van der Waals surface area contributed by atoms with Crippen molar-refractivity contribution in [2.75, 3.05) is 12.4 Å². The normalized spacial score (nSPS) is 22.2. The number of alkyl halides is 3. The highest BCUT2D eigenvalue weighted by Gasteiger charge is 2.42. The molecule has 0 radical (unpaired) electrons. The van der Waals surface area contributed by atoms with E-state index in [4.69, 9.17) is 4.74 Å². The lowest BCUT2D eigenvalue weighted by atomic mass is 9.81. The first-order valence-electron chi connectivity index (χ1n) is 8.49. The first-order valence-corrected chi connectivity index (χ1v) is 8.49. The van der Waals surface area contributed by atoms with Gasteiger partial charge in [-0.3, -0.25) is 4.79 Å². The van der Waals surface area contributed by atoms with E-state index in [9.17, 15) is 18.0 Å². The Kier molecular flexibility index (Phi) is 3.97. The summed E-state index contributed by atoms with van der Waals surface area (Å²) < 4.78 is 45.7. The first-order chi connectivity index (χ1) is 12.8. The maximum absolute atomic E-state index is 13.1. The van der Waals surface area contributed by atoms with Gasteiger partial charge in [-0.1, -0.05) is 19.1 Å². The van der Waals surface area contributed by atoms with Gasteiger partial charge in [0.25, 0.3) is 5.82 Å². The number of benzene rings is 1. The lowest BCUT2D eigenvalue weighted by molar-refractivity contribution is -0.145. The Balaban J connectivity index is 1.88. The van der Waals surface area contributed by atoms with Crippen molar-refractivity contribution in [3.63, 3.8) is 0 Å². The van der Waals surface area contributed by atoms with Gasteiger partial charge in [-0.25, -0.2) is 4.68 Å². The van der Waals surface area contributed by atoms with Gasteiger partial charge in [0.1, 0.15) is 11.8 Å². The number of nitrogens with one attached hydrogen (secondary N) is 1. The monoisotopic (exact) mass is 378 g/mol. The topological polar surface area (TPSA) is 69.0 Å². The molecule has 2 atom stereocenters. The highest BCUT2D eigenvalue weighted by Crippen LogP contribution is 2.42. The number of hydrogen-bond acceptors (Lipinski definition) is 5. The molecule has 1 N–H and O–H groups in total. The molecule has 1 aliphatic carbocycles. The molecule has 0 saturated carbocycles. The van der Waals surface area contributed by atoms with Gasteiger partial charge in [-0.2, -0.15) is 18.2 Å². The number of rotatable bonds is 2. The molecule has 27 heavy (non-hydrogen) atoms. The zero-order chi connectivity index (χ0) is 19.3. The van der Waals surface area contributed by atoms with Crippen LogP contribution in [-0.4, -0.2) is 27.7 Å². The number of ether oxygens (including phenoxy) is 1. The molecule has 2 aromatic rings. The van der Waals surface area contributed by atoms with E-state index >= 15 is 0 Å². The number of carbonyl (C=O) groups is 1. The molecule has 9 heteroatoms. The summed E-state index contributed by atoms with van der Waals surface area (Å²) in [4.78, 5) is 16.4. The molecule has 0 fully saturated rings. The van der Waals surface area contributed by atoms with E-state index in [1.165, 1.54) is 7.11 Å². The lowest BCUT2D eigenvalue weighted by Crippen LogP contribution is -2.33. The Hall–Kier alpha value is -2.84. The van der Waals surface area contributed by atoms with Crippen LogP contribution in [0.15, 0.2) is 35.5 Å². The van der Waals surface area contributed by atoms with Crippen LogP contribution in [0.3, 0.4) is 0 Å². The van der Waals surface area contributed by atoms with Crippen LogP contribution >= 0.6 is 0 Å². The van der Waals surface area contributed by atoms with E-state index in [1.54, 1.807) is 24.3 Å². The van der Waals surface area contributed by atoms with E-state index in [1.807, 2.05) is 6.92 Å². The van der Waals surface area contributed by atoms with Gasteiger partial charge < -0.3 is 10.1 Å². The summed E-state index contributed by atoms with van der Waals surface area (Å²) in [6, 6.07) is 6.10. The van der Waals surface area contributed by atoms with Crippen molar-refractivity contribution in [2.24, 2.45) is 5.92 Å². The Morgan fingerprint density at radius 2 is 1.93 bits per heavy atom. The average Bonchev–Trinajstić information content (AvgIpc) is 3.04. The number of halogens is 3. The smallest absolute Gasteiger partial charge is 0.453 e. The minimum absolute atomic E-state index is 0.0104. The van der Waals surface area contributed by atoms with Crippen LogP contribution in [0.4, 0.5) is 19.1 Å². The minimum atomic E-state index is -4.67. The highest BCUT2D eigenvalue weighted by atomic mass is 19.4. The Labute approximate surface area is 153 Å². The maximum atomic E-state index is 13.1. The number of anilines is 1. The molecule has 1 aromatic carbocycles. The third kappa shape index (κ3) is 2.96. The van der Waals surface area contributed by atoms with Crippen LogP contribution in [0.2, 0.25) is 0 Å². The maximum Gasteiger partial charge on any atom is 0.453 e. The van der Waals surface area contributed by atoms with Crippen LogP contribution in [0.25, 0.3) is 0 Å². The summed E-state index contributed by atoms with van der Waals surface area (Å²) in [7, 11) is 1.53. The van der Waals surface area contributed by atoms with Crippen molar-refractivity contribution in [3.8, 4) is 5.75 Å². The molecule has 4 rings (SSSR count). The second-order valence-corrected chi connectivity index (χ2v) is 6.83. The van der Waals surface area contributed by atoms with Crippen molar-refractivity contribution in [1.29, 1.82) is 0 Å². The number of hydrogen-bond donors (Lipinski definition) is 1. The molecule has 1 aliphatic heterocycles. The molecule has 1 aromatic heterocycles. The predicted molar refractivity (Wildman–Crippen MR) is 90.2 cm³/mol. The molecular formula is C18H17F3N4O2. The highest BCUT2D eigenvalue weighted by molar-refractivity contribution is 5.99. The molecule has 2 heterocycles. The zero-order valence-electron chi connectivity index (χ0n) is 14.7. The van der Waals surface area contributed by atoms with E-state index in [0.29, 0.717) is 35.4 Å². The van der Waals surface area contributed by atoms with Crippen molar-refractivity contribution in [2.45, 2.75) is 32.0 Å². The Morgan fingerprint density at radius 1 is 1.22 bits per heavy atom. The molecule has 0 amide bonds. The molecule has 6 nitrogen and oxygen atoms in total. The number of Topliss-reactive ketones (excluding diaryl/α,β-unsaturated/α-hetero) is 1. The summed E-state index contributed by atoms with van der Waals surface area (Å²) in [5.41, 5.74) is 1.71. The fourth-order valence-corrected chi connectivity index (χ4v) is 3.62. The molecule has 0 saturated heterocycles. The molecule has 2 aliphatic rings. The summed E-state index contributed by atoms with van der Waals surface area (Å²) in [6.07, 6.45) is -3.75. The Bertz CT molecular complexity index is 931. The number of fused-ring (bicyclic) bond motifs is 1. The fourth-order valence-electron chi connectivity index (χ4n) is 3.62. The predicted octanol–water partition coefficient (Wildman–Crippen LogP) is 3.57. The van der Waals surface area contributed by atoms with Crippen LogP contribution in [0.5, 0.6) is 5.75 Å². The summed E-state index contributed by atoms with van der Waals surface area (Å²) in [5, 5.41) is 6.57. The first kappa shape index (κ1) is 17.6. The van der Waals surface area contributed by atoms with Crippen molar-refractivity contribution in [3.05, 3.63) is 46.9 Å². The van der Waals surface area contributed by atoms with Crippen LogP contribution < -0.4 is 10.1 Å². The molecule has 0 bridgehead atoms. The largest absolute Gasteiger partial charge is 0.497 e. The van der Waals surface area contributed by atoms with E-state index in [2.05, 4.69) is 15.4 Å². The van der Waals surface area contributed by atoms with Gasteiger partial charge in [-0.05, 0) is 30.0 Å². The quantitative estimate of drug-likeness (QED) is 0.865. The SMILES string of the molecule is COc1ccc([C@@H]2C3=C(C[C@@H](C)CC3=O)Nc3nc(C(F)(F)F)nn32)cc1. The van der Waals surface area contributed by atoms with Gasteiger partial charge in [0, 0.05) is 17.7 Å². The van der Waals surface area contributed by atoms with E-state index in [0.717, 1.165) is 4.68 Å². The van der Waals surface area contributed by atoms with Crippen molar-refractivity contribution >= 4 is 11.7 Å². The summed E-state index contributed by atoms with van der Waals surface area (Å²) in [5.74, 6) is -0.614. The summed E-state index contributed by atoms with van der Waals surface area (Å²) in [6.45, 7) is 1.94. The van der Waals surface area contributed by atoms with Gasteiger partial charge in [0.15, 0.2) is 5.78 Å². The second kappa shape index (κ2) is 6.11.